The van der Waals surface area contributed by atoms with Gasteiger partial charge in [0.15, 0.2) is 5.84 Å². The zero-order chi connectivity index (χ0) is 23.3. The molecule has 0 bridgehead atoms. The Hall–Kier alpha value is -3.80. The van der Waals surface area contributed by atoms with Crippen LogP contribution in [0.3, 0.4) is 0 Å². The molecule has 3 aromatic carbocycles. The van der Waals surface area contributed by atoms with Gasteiger partial charge in [0.2, 0.25) is 0 Å². The second-order valence-electron chi connectivity index (χ2n) is 8.27. The van der Waals surface area contributed by atoms with Crippen LogP contribution in [-0.2, 0) is 4.79 Å². The highest BCUT2D eigenvalue weighted by Crippen LogP contribution is 2.21. The first-order valence-electron chi connectivity index (χ1n) is 10.5. The fourth-order valence-electron chi connectivity index (χ4n) is 3.31. The largest absolute Gasteiger partial charge is 0.378 e. The fraction of sp³-hybridized carbons (Fsp3) is 0.231. The lowest BCUT2D eigenvalue weighted by Gasteiger charge is -2.15. The molecule has 0 aliphatic carbocycles. The van der Waals surface area contributed by atoms with E-state index in [-0.39, 0.29) is 11.7 Å². The van der Waals surface area contributed by atoms with Crippen LogP contribution in [-0.4, -0.2) is 39.9 Å². The first-order valence-corrected chi connectivity index (χ1v) is 10.5. The van der Waals surface area contributed by atoms with Gasteiger partial charge < -0.3 is 20.4 Å². The molecule has 3 rings (SSSR count). The third kappa shape index (κ3) is 6.11. The number of aryl methyl sites for hydroxylation is 2. The average Bonchev–Trinajstić information content (AvgIpc) is 2.73. The van der Waals surface area contributed by atoms with Crippen molar-refractivity contribution >= 4 is 40.2 Å². The van der Waals surface area contributed by atoms with E-state index in [2.05, 4.69) is 21.7 Å². The van der Waals surface area contributed by atoms with E-state index in [1.165, 1.54) is 0 Å². The van der Waals surface area contributed by atoms with Gasteiger partial charge in [-0.3, -0.25) is 4.79 Å². The highest BCUT2D eigenvalue weighted by molar-refractivity contribution is 6.46. The van der Waals surface area contributed by atoms with E-state index >= 15 is 0 Å². The maximum absolute atomic E-state index is 13.2. The zero-order valence-corrected chi connectivity index (χ0v) is 19.6. The Kier molecular flexibility index (Phi) is 7.15. The Bertz CT molecular complexity index is 1080. The second-order valence-corrected chi connectivity index (χ2v) is 8.27. The molecule has 0 atom stereocenters. The number of benzene rings is 3. The molecule has 3 aromatic rings. The maximum atomic E-state index is 13.2. The lowest BCUT2D eigenvalue weighted by molar-refractivity contribution is -0.110. The van der Waals surface area contributed by atoms with Crippen molar-refractivity contribution in [2.75, 3.05) is 48.6 Å². The number of hydrogen-bond donors (Lipinski definition) is 2. The summed E-state index contributed by atoms with van der Waals surface area (Å²) >= 11 is 0. The minimum Gasteiger partial charge on any atom is -0.378 e. The summed E-state index contributed by atoms with van der Waals surface area (Å²) in [5.41, 5.74) is 6.58. The van der Waals surface area contributed by atoms with Crippen molar-refractivity contribution in [1.29, 1.82) is 0 Å². The van der Waals surface area contributed by atoms with Gasteiger partial charge in [0, 0.05) is 50.9 Å². The Morgan fingerprint density at radius 2 is 1.19 bits per heavy atom. The van der Waals surface area contributed by atoms with E-state index in [0.717, 1.165) is 28.2 Å². The van der Waals surface area contributed by atoms with Gasteiger partial charge in [0.05, 0.1) is 5.69 Å². The zero-order valence-electron chi connectivity index (χ0n) is 19.6. The third-order valence-electron chi connectivity index (χ3n) is 4.95. The summed E-state index contributed by atoms with van der Waals surface area (Å²) in [5.74, 6) is -0.0808. The molecule has 6 heteroatoms. The van der Waals surface area contributed by atoms with Gasteiger partial charge in [-0.2, -0.15) is 0 Å². The molecule has 6 nitrogen and oxygen atoms in total. The van der Waals surface area contributed by atoms with Crippen LogP contribution in [0.1, 0.15) is 11.1 Å². The lowest BCUT2D eigenvalue weighted by atomic mass is 10.1. The molecule has 0 fully saturated rings. The van der Waals surface area contributed by atoms with Crippen LogP contribution in [0.5, 0.6) is 0 Å². The summed E-state index contributed by atoms with van der Waals surface area (Å²) in [7, 11) is 7.93. The van der Waals surface area contributed by atoms with Gasteiger partial charge in [0.25, 0.3) is 5.91 Å². The number of anilines is 4. The Morgan fingerprint density at radius 1 is 0.688 bits per heavy atom. The molecule has 166 valence electrons. The van der Waals surface area contributed by atoms with Gasteiger partial charge >= 0.3 is 0 Å². The van der Waals surface area contributed by atoms with Crippen molar-refractivity contribution in [3.8, 4) is 0 Å². The van der Waals surface area contributed by atoms with Crippen LogP contribution in [0.15, 0.2) is 71.7 Å². The van der Waals surface area contributed by atoms with Crippen molar-refractivity contribution in [1.82, 2.24) is 0 Å². The number of amides is 1. The molecule has 0 aliphatic heterocycles. The molecule has 0 saturated heterocycles. The Balaban J connectivity index is 1.90. The van der Waals surface area contributed by atoms with Crippen LogP contribution in [0, 0.1) is 13.8 Å². The molecule has 0 radical (unpaired) electrons. The van der Waals surface area contributed by atoms with Crippen LogP contribution in [0.2, 0.25) is 0 Å². The Labute approximate surface area is 190 Å². The summed E-state index contributed by atoms with van der Waals surface area (Å²) in [5, 5.41) is 6.16. The van der Waals surface area contributed by atoms with Crippen LogP contribution < -0.4 is 20.4 Å². The normalized spacial score (nSPS) is 11.1. The summed E-state index contributed by atoms with van der Waals surface area (Å²) in [6.45, 7) is 4.06. The molecule has 0 saturated carbocycles. The fourth-order valence-corrected chi connectivity index (χ4v) is 3.31. The summed E-state index contributed by atoms with van der Waals surface area (Å²) in [6, 6.07) is 21.5. The molecular formula is C26H31N5O. The van der Waals surface area contributed by atoms with Crippen LogP contribution in [0.4, 0.5) is 28.4 Å². The molecule has 0 aliphatic rings. The summed E-state index contributed by atoms with van der Waals surface area (Å²) in [4.78, 5) is 21.8. The van der Waals surface area contributed by atoms with E-state index < -0.39 is 0 Å². The second kappa shape index (κ2) is 10.0. The van der Waals surface area contributed by atoms with E-state index in [1.807, 2.05) is 113 Å². The minimum absolute atomic E-state index is 0.226. The van der Waals surface area contributed by atoms with E-state index in [0.29, 0.717) is 11.4 Å². The van der Waals surface area contributed by atoms with Crippen molar-refractivity contribution in [2.24, 2.45) is 4.99 Å². The number of carbonyl (C=O) groups is 1. The lowest BCUT2D eigenvalue weighted by Crippen LogP contribution is -2.29. The molecule has 0 aromatic heterocycles. The van der Waals surface area contributed by atoms with Gasteiger partial charge in [-0.1, -0.05) is 6.07 Å². The van der Waals surface area contributed by atoms with Crippen LogP contribution >= 0.6 is 0 Å². The van der Waals surface area contributed by atoms with E-state index in [1.54, 1.807) is 0 Å². The monoisotopic (exact) mass is 429 g/mol. The summed E-state index contributed by atoms with van der Waals surface area (Å²) < 4.78 is 0. The first-order chi connectivity index (χ1) is 15.2. The molecule has 0 heterocycles. The van der Waals surface area contributed by atoms with E-state index in [9.17, 15) is 4.79 Å². The van der Waals surface area contributed by atoms with Gasteiger partial charge in [-0.25, -0.2) is 4.99 Å². The van der Waals surface area contributed by atoms with Gasteiger partial charge in [-0.05, 0) is 85.6 Å². The predicted octanol–water partition coefficient (Wildman–Crippen LogP) is 5.22. The number of amidine groups is 1. The van der Waals surface area contributed by atoms with Gasteiger partial charge in [0.1, 0.15) is 0 Å². The SMILES string of the molecule is Cc1cc(C)cc(NC(=Nc2ccc(N(C)C)cc2)C(=O)Nc2ccc(N(C)C)cc2)c1. The van der Waals surface area contributed by atoms with Crippen molar-refractivity contribution < 1.29 is 4.79 Å². The Morgan fingerprint density at radius 3 is 1.69 bits per heavy atom. The maximum Gasteiger partial charge on any atom is 0.291 e. The quantitative estimate of drug-likeness (QED) is 0.431. The minimum atomic E-state index is -0.307. The van der Waals surface area contributed by atoms with Gasteiger partial charge in [-0.15, -0.1) is 0 Å². The standard InChI is InChI=1S/C26H31N5O/c1-18-15-19(2)17-22(16-18)28-25(27-20-7-11-23(12-8-20)30(3)4)26(32)29-21-9-13-24(14-10-21)31(5)6/h7-17H,1-6H3,(H,27,28)(H,29,32). The first kappa shape index (κ1) is 22.9. The van der Waals surface area contributed by atoms with Crippen molar-refractivity contribution in [3.63, 3.8) is 0 Å². The summed E-state index contributed by atoms with van der Waals surface area (Å²) in [6.07, 6.45) is 0. The molecular weight excluding hydrogens is 398 g/mol. The number of hydrogen-bond acceptors (Lipinski definition) is 4. The topological polar surface area (TPSA) is 60.0 Å². The number of carbonyl (C=O) groups excluding carboxylic acids is 1. The number of nitrogens with zero attached hydrogens (tertiary/aromatic N) is 3. The molecule has 1 amide bonds. The average molecular weight is 430 g/mol. The van der Waals surface area contributed by atoms with Crippen molar-refractivity contribution in [2.45, 2.75) is 13.8 Å². The highest BCUT2D eigenvalue weighted by atomic mass is 16.2. The highest BCUT2D eigenvalue weighted by Gasteiger charge is 2.14. The van der Waals surface area contributed by atoms with E-state index in [4.69, 9.17) is 0 Å². The van der Waals surface area contributed by atoms with Crippen molar-refractivity contribution in [3.05, 3.63) is 77.9 Å². The number of nitrogens with one attached hydrogen (secondary N) is 2. The smallest absolute Gasteiger partial charge is 0.291 e. The molecule has 2 N–H and O–H groups in total. The third-order valence-corrected chi connectivity index (χ3v) is 4.95. The molecule has 32 heavy (non-hydrogen) atoms. The molecule has 0 spiro atoms. The number of aliphatic imine (C=N–C) groups is 1. The predicted molar refractivity (Wildman–Crippen MR) is 137 cm³/mol. The van der Waals surface area contributed by atoms with Crippen LogP contribution in [0.25, 0.3) is 0 Å². The molecule has 0 unspecified atom stereocenters. The number of rotatable bonds is 5.